The molecule has 0 bridgehead atoms. The van der Waals surface area contributed by atoms with Crippen molar-refractivity contribution in [3.63, 3.8) is 0 Å². The minimum atomic E-state index is -0.542. The highest BCUT2D eigenvalue weighted by Gasteiger charge is 2.37. The van der Waals surface area contributed by atoms with Gasteiger partial charge in [0.2, 0.25) is 0 Å². The molecule has 0 spiro atoms. The van der Waals surface area contributed by atoms with Gasteiger partial charge >= 0.3 is 0 Å². The SMILES string of the molecule is COC1CCCC(O)(C2=CCCCC2)C1. The third kappa shape index (κ3) is 2.43. The third-order valence-corrected chi connectivity index (χ3v) is 3.90. The Labute approximate surface area is 92.3 Å². The van der Waals surface area contributed by atoms with Crippen LogP contribution in [0, 0.1) is 0 Å². The zero-order chi connectivity index (χ0) is 10.7. The van der Waals surface area contributed by atoms with Crippen LogP contribution in [0.4, 0.5) is 0 Å². The molecule has 0 aliphatic heterocycles. The average molecular weight is 210 g/mol. The Morgan fingerprint density at radius 3 is 2.93 bits per heavy atom. The van der Waals surface area contributed by atoms with Crippen LogP contribution < -0.4 is 0 Å². The smallest absolute Gasteiger partial charge is 0.0881 e. The standard InChI is InChI=1S/C13H22O2/c1-15-12-8-5-9-13(14,10-12)11-6-3-2-4-7-11/h6,12,14H,2-5,7-10H2,1H3. The number of ether oxygens (including phenoxy) is 1. The summed E-state index contributed by atoms with van der Waals surface area (Å²) in [5, 5.41) is 10.6. The maximum Gasteiger partial charge on any atom is 0.0881 e. The Morgan fingerprint density at radius 2 is 2.27 bits per heavy atom. The molecule has 0 aromatic carbocycles. The molecule has 15 heavy (non-hydrogen) atoms. The summed E-state index contributed by atoms with van der Waals surface area (Å²) in [4.78, 5) is 0. The van der Waals surface area contributed by atoms with Crippen molar-refractivity contribution in [2.75, 3.05) is 7.11 Å². The lowest BCUT2D eigenvalue weighted by atomic mass is 9.75. The number of aliphatic hydroxyl groups is 1. The second-order valence-corrected chi connectivity index (χ2v) is 4.96. The van der Waals surface area contributed by atoms with Gasteiger partial charge in [-0.25, -0.2) is 0 Å². The summed E-state index contributed by atoms with van der Waals surface area (Å²) in [6.07, 6.45) is 11.2. The minimum Gasteiger partial charge on any atom is -0.385 e. The van der Waals surface area contributed by atoms with Crippen LogP contribution in [0.2, 0.25) is 0 Å². The van der Waals surface area contributed by atoms with Gasteiger partial charge in [0.25, 0.3) is 0 Å². The first kappa shape index (κ1) is 11.2. The summed E-state index contributed by atoms with van der Waals surface area (Å²) in [6.45, 7) is 0. The van der Waals surface area contributed by atoms with E-state index in [1.165, 1.54) is 18.4 Å². The van der Waals surface area contributed by atoms with Gasteiger partial charge in [-0.2, -0.15) is 0 Å². The topological polar surface area (TPSA) is 29.5 Å². The van der Waals surface area contributed by atoms with Gasteiger partial charge in [0.1, 0.15) is 0 Å². The van der Waals surface area contributed by atoms with Gasteiger partial charge in [0.05, 0.1) is 11.7 Å². The van der Waals surface area contributed by atoms with E-state index in [1.54, 1.807) is 7.11 Å². The van der Waals surface area contributed by atoms with Crippen LogP contribution in [-0.4, -0.2) is 23.9 Å². The van der Waals surface area contributed by atoms with Crippen molar-refractivity contribution in [3.05, 3.63) is 11.6 Å². The van der Waals surface area contributed by atoms with E-state index in [9.17, 15) is 5.11 Å². The molecule has 0 saturated heterocycles. The molecule has 0 amide bonds. The molecule has 0 aromatic rings. The van der Waals surface area contributed by atoms with E-state index in [2.05, 4.69) is 6.08 Å². The molecule has 0 aromatic heterocycles. The lowest BCUT2D eigenvalue weighted by Gasteiger charge is -2.39. The predicted molar refractivity (Wildman–Crippen MR) is 60.8 cm³/mol. The zero-order valence-electron chi connectivity index (χ0n) is 9.67. The quantitative estimate of drug-likeness (QED) is 0.710. The molecule has 2 aliphatic carbocycles. The fourth-order valence-corrected chi connectivity index (χ4v) is 2.96. The number of methoxy groups -OCH3 is 1. The Morgan fingerprint density at radius 1 is 1.40 bits per heavy atom. The molecule has 2 aliphatic rings. The molecule has 2 atom stereocenters. The largest absolute Gasteiger partial charge is 0.385 e. The number of hydrogen-bond acceptors (Lipinski definition) is 2. The number of rotatable bonds is 2. The van der Waals surface area contributed by atoms with Crippen LogP contribution in [0.25, 0.3) is 0 Å². The Hall–Kier alpha value is -0.340. The molecule has 0 radical (unpaired) electrons. The first-order valence-electron chi connectivity index (χ1n) is 6.19. The summed E-state index contributed by atoms with van der Waals surface area (Å²) >= 11 is 0. The van der Waals surface area contributed by atoms with Crippen molar-refractivity contribution in [1.29, 1.82) is 0 Å². The fraction of sp³-hybridized carbons (Fsp3) is 0.846. The first-order valence-corrected chi connectivity index (χ1v) is 6.19. The van der Waals surface area contributed by atoms with Gasteiger partial charge in [0.15, 0.2) is 0 Å². The third-order valence-electron chi connectivity index (χ3n) is 3.90. The summed E-state index contributed by atoms with van der Waals surface area (Å²) in [6, 6.07) is 0. The predicted octanol–water partition coefficient (Wildman–Crippen LogP) is 2.81. The minimum absolute atomic E-state index is 0.256. The van der Waals surface area contributed by atoms with E-state index >= 15 is 0 Å². The normalized spacial score (nSPS) is 37.5. The fourth-order valence-electron chi connectivity index (χ4n) is 2.96. The summed E-state index contributed by atoms with van der Waals surface area (Å²) in [5.41, 5.74) is 0.745. The highest BCUT2D eigenvalue weighted by Crippen LogP contribution is 2.39. The highest BCUT2D eigenvalue weighted by molar-refractivity contribution is 5.20. The van der Waals surface area contributed by atoms with Gasteiger partial charge in [-0.3, -0.25) is 0 Å². The van der Waals surface area contributed by atoms with Crippen LogP contribution in [-0.2, 0) is 4.74 Å². The van der Waals surface area contributed by atoms with Crippen molar-refractivity contribution in [3.8, 4) is 0 Å². The maximum atomic E-state index is 10.6. The second kappa shape index (κ2) is 4.67. The Balaban J connectivity index is 2.07. The van der Waals surface area contributed by atoms with Crippen molar-refractivity contribution in [1.82, 2.24) is 0 Å². The molecule has 1 saturated carbocycles. The van der Waals surface area contributed by atoms with E-state index in [-0.39, 0.29) is 6.10 Å². The van der Waals surface area contributed by atoms with Gasteiger partial charge in [-0.1, -0.05) is 6.08 Å². The van der Waals surface area contributed by atoms with E-state index in [0.29, 0.717) is 0 Å². The van der Waals surface area contributed by atoms with Crippen LogP contribution in [0.5, 0.6) is 0 Å². The molecule has 2 unspecified atom stereocenters. The molecule has 86 valence electrons. The highest BCUT2D eigenvalue weighted by atomic mass is 16.5. The molecule has 0 heterocycles. The van der Waals surface area contributed by atoms with E-state index in [1.807, 2.05) is 0 Å². The molecule has 2 rings (SSSR count). The number of hydrogen-bond donors (Lipinski definition) is 1. The van der Waals surface area contributed by atoms with E-state index in [4.69, 9.17) is 4.74 Å². The molecular formula is C13H22O2. The van der Waals surface area contributed by atoms with E-state index < -0.39 is 5.60 Å². The molecule has 2 heteroatoms. The van der Waals surface area contributed by atoms with Crippen LogP contribution in [0.3, 0.4) is 0 Å². The molecular weight excluding hydrogens is 188 g/mol. The van der Waals surface area contributed by atoms with Crippen molar-refractivity contribution >= 4 is 0 Å². The summed E-state index contributed by atoms with van der Waals surface area (Å²) in [5.74, 6) is 0. The van der Waals surface area contributed by atoms with Crippen molar-refractivity contribution < 1.29 is 9.84 Å². The van der Waals surface area contributed by atoms with Crippen LogP contribution in [0.15, 0.2) is 11.6 Å². The first-order chi connectivity index (χ1) is 7.24. The molecule has 1 N–H and O–H groups in total. The lowest BCUT2D eigenvalue weighted by Crippen LogP contribution is -2.40. The summed E-state index contributed by atoms with van der Waals surface area (Å²) in [7, 11) is 1.76. The average Bonchev–Trinajstić information content (AvgIpc) is 2.30. The molecule has 2 nitrogen and oxygen atoms in total. The maximum absolute atomic E-state index is 10.6. The lowest BCUT2D eigenvalue weighted by molar-refractivity contribution is -0.0384. The monoisotopic (exact) mass is 210 g/mol. The summed E-state index contributed by atoms with van der Waals surface area (Å²) < 4.78 is 5.39. The van der Waals surface area contributed by atoms with Gasteiger partial charge in [-0.05, 0) is 50.5 Å². The van der Waals surface area contributed by atoms with Gasteiger partial charge < -0.3 is 9.84 Å². The van der Waals surface area contributed by atoms with Crippen molar-refractivity contribution in [2.24, 2.45) is 0 Å². The van der Waals surface area contributed by atoms with Crippen LogP contribution in [0.1, 0.15) is 51.4 Å². The Bertz CT molecular complexity index is 247. The van der Waals surface area contributed by atoms with Crippen LogP contribution >= 0.6 is 0 Å². The van der Waals surface area contributed by atoms with Crippen molar-refractivity contribution in [2.45, 2.75) is 63.1 Å². The molecule has 1 fully saturated rings. The Kier molecular flexibility index (Phi) is 3.47. The number of allylic oxidation sites excluding steroid dienone is 1. The van der Waals surface area contributed by atoms with E-state index in [0.717, 1.165) is 38.5 Å². The van der Waals surface area contributed by atoms with Gasteiger partial charge in [0, 0.05) is 13.5 Å². The van der Waals surface area contributed by atoms with Gasteiger partial charge in [-0.15, -0.1) is 0 Å². The second-order valence-electron chi connectivity index (χ2n) is 4.96. The zero-order valence-corrected chi connectivity index (χ0v) is 9.67.